The van der Waals surface area contributed by atoms with Crippen LogP contribution in [0.25, 0.3) is 0 Å². The molecule has 0 aliphatic carbocycles. The number of halogens is 2. The Kier molecular flexibility index (Phi) is 4.04. The van der Waals surface area contributed by atoms with Gasteiger partial charge in [0, 0.05) is 5.56 Å². The van der Waals surface area contributed by atoms with E-state index >= 15 is 0 Å². The fraction of sp³-hybridized carbons (Fsp3) is 0.231. The maximum atomic E-state index is 12.9. The minimum Gasteiger partial charge on any atom is -0.488 e. The van der Waals surface area contributed by atoms with Gasteiger partial charge in [-0.3, -0.25) is 0 Å². The monoisotopic (exact) mass is 313 g/mol. The lowest BCUT2D eigenvalue weighted by molar-refractivity contribution is 0.300. The number of nitrogens with two attached hydrogens (primary N) is 1. The summed E-state index contributed by atoms with van der Waals surface area (Å²) in [6.07, 6.45) is 0. The molecule has 0 saturated carbocycles. The van der Waals surface area contributed by atoms with Crippen LogP contribution < -0.4 is 10.5 Å². The Bertz CT molecular complexity index is 554. The minimum absolute atomic E-state index is 0.306. The maximum Gasteiger partial charge on any atom is 0.134 e. The van der Waals surface area contributed by atoms with Crippen molar-refractivity contribution in [1.29, 1.82) is 0 Å². The van der Waals surface area contributed by atoms with E-state index in [-0.39, 0.29) is 5.82 Å². The molecule has 18 heavy (non-hydrogen) atoms. The van der Waals surface area contributed by atoms with Crippen molar-refractivity contribution >= 4 is 15.9 Å². The fourth-order valence-corrected chi connectivity index (χ4v) is 2.04. The lowest BCUT2D eigenvalue weighted by atomic mass is 10.2. The zero-order valence-electron chi connectivity index (χ0n) is 9.87. The van der Waals surface area contributed by atoms with Gasteiger partial charge in [-0.1, -0.05) is 0 Å². The predicted octanol–water partition coefficient (Wildman–Crippen LogP) is 3.53. The number of hydrogen-bond donors (Lipinski definition) is 1. The summed E-state index contributed by atoms with van der Waals surface area (Å²) >= 11 is 3.25. The molecule has 0 fully saturated rings. The summed E-state index contributed by atoms with van der Waals surface area (Å²) in [5.74, 6) is 1.79. The Hall–Kier alpha value is -1.33. The zero-order chi connectivity index (χ0) is 13.1. The fourth-order valence-electron chi connectivity index (χ4n) is 1.58. The molecule has 0 bridgehead atoms. The van der Waals surface area contributed by atoms with E-state index in [0.29, 0.717) is 23.4 Å². The van der Waals surface area contributed by atoms with Crippen LogP contribution in [0.15, 0.2) is 33.2 Å². The first-order chi connectivity index (χ1) is 8.60. The Morgan fingerprint density at radius 1 is 1.39 bits per heavy atom. The Morgan fingerprint density at radius 3 is 2.78 bits per heavy atom. The molecule has 0 radical (unpaired) electrons. The summed E-state index contributed by atoms with van der Waals surface area (Å²) in [4.78, 5) is 0. The van der Waals surface area contributed by atoms with Crippen LogP contribution in [0, 0.1) is 12.7 Å². The van der Waals surface area contributed by atoms with Gasteiger partial charge in [-0.15, -0.1) is 0 Å². The van der Waals surface area contributed by atoms with Gasteiger partial charge in [-0.05, 0) is 47.1 Å². The van der Waals surface area contributed by atoms with Crippen molar-refractivity contribution in [3.8, 4) is 5.75 Å². The lowest BCUT2D eigenvalue weighted by Crippen LogP contribution is -1.97. The van der Waals surface area contributed by atoms with E-state index in [2.05, 4.69) is 15.9 Å². The van der Waals surface area contributed by atoms with E-state index in [4.69, 9.17) is 14.9 Å². The van der Waals surface area contributed by atoms with E-state index in [0.717, 1.165) is 17.1 Å². The van der Waals surface area contributed by atoms with Gasteiger partial charge in [0.2, 0.25) is 0 Å². The van der Waals surface area contributed by atoms with Gasteiger partial charge in [-0.2, -0.15) is 0 Å². The number of aryl methyl sites for hydroxylation is 1. The molecule has 2 rings (SSSR count). The Labute approximate surface area is 113 Å². The van der Waals surface area contributed by atoms with Crippen LogP contribution in [0.1, 0.15) is 17.1 Å². The highest BCUT2D eigenvalue weighted by Crippen LogP contribution is 2.27. The smallest absolute Gasteiger partial charge is 0.134 e. The third-order valence-electron chi connectivity index (χ3n) is 2.55. The van der Waals surface area contributed by atoms with E-state index in [1.165, 1.54) is 12.1 Å². The maximum absolute atomic E-state index is 12.9. The molecule has 1 aromatic heterocycles. The lowest BCUT2D eigenvalue weighted by Gasteiger charge is -2.07. The van der Waals surface area contributed by atoms with Crippen LogP contribution in [0.3, 0.4) is 0 Å². The summed E-state index contributed by atoms with van der Waals surface area (Å²) in [6.45, 7) is 2.58. The second-order valence-corrected chi connectivity index (χ2v) is 4.72. The van der Waals surface area contributed by atoms with Crippen molar-refractivity contribution < 1.29 is 13.5 Å². The second-order valence-electron chi connectivity index (χ2n) is 3.86. The van der Waals surface area contributed by atoms with Gasteiger partial charge in [0.05, 0.1) is 11.0 Å². The van der Waals surface area contributed by atoms with E-state index < -0.39 is 0 Å². The third-order valence-corrected chi connectivity index (χ3v) is 3.17. The van der Waals surface area contributed by atoms with Gasteiger partial charge < -0.3 is 14.9 Å². The highest BCUT2D eigenvalue weighted by atomic mass is 79.9. The average Bonchev–Trinajstić information content (AvgIpc) is 2.69. The van der Waals surface area contributed by atoms with Crippen LogP contribution in [0.2, 0.25) is 0 Å². The molecule has 1 heterocycles. The molecule has 0 atom stereocenters. The molecule has 2 N–H and O–H groups in total. The van der Waals surface area contributed by atoms with Crippen LogP contribution in [-0.4, -0.2) is 0 Å². The number of ether oxygens (including phenoxy) is 1. The molecule has 2 aromatic rings. The molecule has 96 valence electrons. The normalized spacial score (nSPS) is 10.7. The van der Waals surface area contributed by atoms with Crippen molar-refractivity contribution in [2.45, 2.75) is 20.1 Å². The quantitative estimate of drug-likeness (QED) is 0.939. The zero-order valence-corrected chi connectivity index (χ0v) is 11.5. The van der Waals surface area contributed by atoms with Crippen LogP contribution in [0.4, 0.5) is 4.39 Å². The predicted molar refractivity (Wildman–Crippen MR) is 69.8 cm³/mol. The second kappa shape index (κ2) is 5.54. The van der Waals surface area contributed by atoms with Crippen LogP contribution in [0.5, 0.6) is 5.75 Å². The summed E-state index contributed by atoms with van der Waals surface area (Å²) in [7, 11) is 0. The molecule has 0 amide bonds. The summed E-state index contributed by atoms with van der Waals surface area (Å²) in [5, 5.41) is 0. The average molecular weight is 314 g/mol. The first-order valence-corrected chi connectivity index (χ1v) is 6.25. The van der Waals surface area contributed by atoms with E-state index in [1.807, 2.05) is 13.0 Å². The first-order valence-electron chi connectivity index (χ1n) is 5.46. The first kappa shape index (κ1) is 13.1. The van der Waals surface area contributed by atoms with Crippen molar-refractivity contribution in [3.05, 3.63) is 51.6 Å². The van der Waals surface area contributed by atoms with Crippen molar-refractivity contribution in [2.24, 2.45) is 5.73 Å². The Morgan fingerprint density at radius 2 is 2.17 bits per heavy atom. The SMILES string of the molecule is Cc1oc(CN)cc1COc1ccc(F)cc1Br. The minimum atomic E-state index is -0.306. The Balaban J connectivity index is 2.08. The van der Waals surface area contributed by atoms with Crippen molar-refractivity contribution in [3.63, 3.8) is 0 Å². The summed E-state index contributed by atoms with van der Waals surface area (Å²) < 4.78 is 24.5. The molecule has 0 saturated heterocycles. The highest BCUT2D eigenvalue weighted by molar-refractivity contribution is 9.10. The van der Waals surface area contributed by atoms with Crippen molar-refractivity contribution in [1.82, 2.24) is 0 Å². The van der Waals surface area contributed by atoms with Gasteiger partial charge in [0.1, 0.15) is 29.7 Å². The van der Waals surface area contributed by atoms with Crippen molar-refractivity contribution in [2.75, 3.05) is 0 Å². The molecule has 0 unspecified atom stereocenters. The van der Waals surface area contributed by atoms with E-state index in [9.17, 15) is 4.39 Å². The van der Waals surface area contributed by atoms with Gasteiger partial charge >= 0.3 is 0 Å². The van der Waals surface area contributed by atoms with Gasteiger partial charge in [-0.25, -0.2) is 4.39 Å². The molecule has 1 aromatic carbocycles. The molecule has 0 aliphatic heterocycles. The van der Waals surface area contributed by atoms with Gasteiger partial charge in [0.25, 0.3) is 0 Å². The molecule has 5 heteroatoms. The summed E-state index contributed by atoms with van der Waals surface area (Å²) in [5.41, 5.74) is 6.43. The van der Waals surface area contributed by atoms with Crippen LogP contribution in [-0.2, 0) is 13.2 Å². The number of hydrogen-bond acceptors (Lipinski definition) is 3. The summed E-state index contributed by atoms with van der Waals surface area (Å²) in [6, 6.07) is 6.17. The number of benzene rings is 1. The van der Waals surface area contributed by atoms with E-state index in [1.54, 1.807) is 6.07 Å². The standard InChI is InChI=1S/C13H13BrFNO2/c1-8-9(4-11(6-16)18-8)7-17-13-3-2-10(15)5-12(13)14/h2-5H,6-7,16H2,1H3. The highest BCUT2D eigenvalue weighted by Gasteiger charge is 2.08. The number of rotatable bonds is 4. The molecular formula is C13H13BrFNO2. The third kappa shape index (κ3) is 2.91. The molecular weight excluding hydrogens is 301 g/mol. The van der Waals surface area contributed by atoms with Gasteiger partial charge in [0.15, 0.2) is 0 Å². The topological polar surface area (TPSA) is 48.4 Å². The molecule has 0 spiro atoms. The molecule has 3 nitrogen and oxygen atoms in total. The molecule has 0 aliphatic rings. The van der Waals surface area contributed by atoms with Crippen LogP contribution >= 0.6 is 15.9 Å². The largest absolute Gasteiger partial charge is 0.488 e. The number of furan rings is 1.